The molecule has 1 aliphatic rings. The summed E-state index contributed by atoms with van der Waals surface area (Å²) in [6.45, 7) is 0. The van der Waals surface area contributed by atoms with Crippen LogP contribution in [0.5, 0.6) is 0 Å². The van der Waals surface area contributed by atoms with Crippen molar-refractivity contribution >= 4 is 60.4 Å². The predicted molar refractivity (Wildman–Crippen MR) is 98.6 cm³/mol. The molecule has 112 valence electrons. The van der Waals surface area contributed by atoms with Gasteiger partial charge >= 0.3 is 0 Å². The molecule has 3 nitrogen and oxygen atoms in total. The Labute approximate surface area is 149 Å². The third kappa shape index (κ3) is 4.00. The standard InChI is InChI=1S/C16H12Br2N2OS/c17-11-3-1-10(2-4-11)9-14-15(21)20-16(22-14)19-13-7-5-12(18)6-8-13/h1-8,14H,9H2,(H,19,20,21). The van der Waals surface area contributed by atoms with Gasteiger partial charge in [0.25, 0.3) is 0 Å². The van der Waals surface area contributed by atoms with Crippen LogP contribution in [0.25, 0.3) is 0 Å². The number of benzene rings is 2. The number of aliphatic imine (C=N–C) groups is 1. The van der Waals surface area contributed by atoms with E-state index in [0.717, 1.165) is 20.2 Å². The fourth-order valence-electron chi connectivity index (χ4n) is 2.06. The minimum absolute atomic E-state index is 0.0174. The van der Waals surface area contributed by atoms with E-state index in [0.29, 0.717) is 11.6 Å². The number of hydrogen-bond donors (Lipinski definition) is 1. The Balaban J connectivity index is 1.70. The average molecular weight is 440 g/mol. The summed E-state index contributed by atoms with van der Waals surface area (Å²) in [5.41, 5.74) is 1.97. The number of amidine groups is 1. The third-order valence-corrected chi connectivity index (χ3v) is 5.31. The van der Waals surface area contributed by atoms with Crippen LogP contribution in [0.2, 0.25) is 0 Å². The van der Waals surface area contributed by atoms with E-state index in [-0.39, 0.29) is 11.2 Å². The Kier molecular flexibility index (Phi) is 5.00. The fourth-order valence-corrected chi connectivity index (χ4v) is 3.62. The van der Waals surface area contributed by atoms with E-state index in [4.69, 9.17) is 0 Å². The molecule has 0 aliphatic carbocycles. The van der Waals surface area contributed by atoms with Crippen LogP contribution >= 0.6 is 43.6 Å². The number of rotatable bonds is 3. The Morgan fingerprint density at radius 2 is 1.59 bits per heavy atom. The number of carbonyl (C=O) groups excluding carboxylic acids is 1. The van der Waals surface area contributed by atoms with Crippen LogP contribution in [0, 0.1) is 0 Å². The lowest BCUT2D eigenvalue weighted by Crippen LogP contribution is -2.25. The summed E-state index contributed by atoms with van der Waals surface area (Å²) in [4.78, 5) is 16.5. The number of thioether (sulfide) groups is 1. The highest BCUT2D eigenvalue weighted by atomic mass is 79.9. The fraction of sp³-hybridized carbons (Fsp3) is 0.125. The summed E-state index contributed by atoms with van der Waals surface area (Å²) >= 11 is 8.29. The van der Waals surface area contributed by atoms with E-state index in [1.165, 1.54) is 11.8 Å². The number of nitrogens with one attached hydrogen (secondary N) is 1. The van der Waals surface area contributed by atoms with Gasteiger partial charge in [-0.05, 0) is 48.4 Å². The van der Waals surface area contributed by atoms with Gasteiger partial charge < -0.3 is 5.32 Å². The van der Waals surface area contributed by atoms with Crippen molar-refractivity contribution in [1.29, 1.82) is 0 Å². The topological polar surface area (TPSA) is 41.5 Å². The van der Waals surface area contributed by atoms with Gasteiger partial charge in [-0.15, -0.1) is 0 Å². The second-order valence-corrected chi connectivity index (χ2v) is 7.84. The zero-order valence-corrected chi connectivity index (χ0v) is 15.4. The molecule has 1 atom stereocenters. The lowest BCUT2D eigenvalue weighted by Gasteiger charge is -2.05. The third-order valence-electron chi connectivity index (χ3n) is 3.17. The first-order valence-corrected chi connectivity index (χ1v) is 9.13. The molecule has 6 heteroatoms. The molecule has 1 heterocycles. The molecule has 1 aliphatic heterocycles. The summed E-state index contributed by atoms with van der Waals surface area (Å²) in [6, 6.07) is 15.7. The molecule has 3 rings (SSSR count). The molecule has 0 saturated carbocycles. The van der Waals surface area contributed by atoms with Crippen LogP contribution < -0.4 is 5.32 Å². The SMILES string of the molecule is O=C1NC(=Nc2ccc(Br)cc2)SC1Cc1ccc(Br)cc1. The van der Waals surface area contributed by atoms with Crippen molar-refractivity contribution in [2.24, 2.45) is 4.99 Å². The van der Waals surface area contributed by atoms with Crippen LogP contribution in [-0.4, -0.2) is 16.3 Å². The minimum Gasteiger partial charge on any atom is -0.304 e. The molecular weight excluding hydrogens is 428 g/mol. The molecule has 22 heavy (non-hydrogen) atoms. The maximum Gasteiger partial charge on any atom is 0.239 e. The smallest absolute Gasteiger partial charge is 0.239 e. The number of halogens is 2. The Morgan fingerprint density at radius 1 is 1.00 bits per heavy atom. The lowest BCUT2D eigenvalue weighted by atomic mass is 10.1. The summed E-state index contributed by atoms with van der Waals surface area (Å²) in [6.07, 6.45) is 0.698. The van der Waals surface area contributed by atoms with Gasteiger partial charge in [-0.2, -0.15) is 0 Å². The van der Waals surface area contributed by atoms with Crippen molar-refractivity contribution in [3.05, 3.63) is 63.0 Å². The molecule has 1 amide bonds. The highest BCUT2D eigenvalue weighted by molar-refractivity contribution is 9.10. The Hall–Kier alpha value is -1.11. The van der Waals surface area contributed by atoms with E-state index in [1.807, 2.05) is 48.5 Å². The van der Waals surface area contributed by atoms with Gasteiger partial charge in [0.1, 0.15) is 0 Å². The van der Waals surface area contributed by atoms with Crippen molar-refractivity contribution in [1.82, 2.24) is 5.32 Å². The molecule has 1 fully saturated rings. The van der Waals surface area contributed by atoms with Gasteiger partial charge in [0.15, 0.2) is 5.17 Å². The summed E-state index contributed by atoms with van der Waals surface area (Å²) in [5, 5.41) is 3.38. The quantitative estimate of drug-likeness (QED) is 0.754. The molecule has 0 spiro atoms. The zero-order valence-electron chi connectivity index (χ0n) is 11.4. The van der Waals surface area contributed by atoms with E-state index in [2.05, 4.69) is 42.2 Å². The second kappa shape index (κ2) is 6.98. The summed E-state index contributed by atoms with van der Waals surface area (Å²) < 4.78 is 2.05. The summed E-state index contributed by atoms with van der Waals surface area (Å²) in [7, 11) is 0. The molecule has 2 aromatic carbocycles. The lowest BCUT2D eigenvalue weighted by molar-refractivity contribution is -0.118. The highest BCUT2D eigenvalue weighted by Gasteiger charge is 2.30. The maximum absolute atomic E-state index is 12.1. The van der Waals surface area contributed by atoms with Gasteiger partial charge in [-0.25, -0.2) is 4.99 Å². The first-order chi connectivity index (χ1) is 10.6. The molecule has 1 unspecified atom stereocenters. The minimum atomic E-state index is -0.129. The van der Waals surface area contributed by atoms with Gasteiger partial charge in [0.2, 0.25) is 5.91 Å². The van der Waals surface area contributed by atoms with Gasteiger partial charge in [0.05, 0.1) is 10.9 Å². The first-order valence-electron chi connectivity index (χ1n) is 6.66. The van der Waals surface area contributed by atoms with Gasteiger partial charge in [-0.1, -0.05) is 55.8 Å². The Bertz CT molecular complexity index is 714. The molecule has 0 bridgehead atoms. The second-order valence-electron chi connectivity index (χ2n) is 4.82. The van der Waals surface area contributed by atoms with E-state index >= 15 is 0 Å². The number of hydrogen-bond acceptors (Lipinski definition) is 3. The van der Waals surface area contributed by atoms with Crippen molar-refractivity contribution in [2.75, 3.05) is 0 Å². The maximum atomic E-state index is 12.1. The zero-order chi connectivity index (χ0) is 15.5. The highest BCUT2D eigenvalue weighted by Crippen LogP contribution is 2.26. The largest absolute Gasteiger partial charge is 0.304 e. The van der Waals surface area contributed by atoms with Crippen LogP contribution in [0.15, 0.2) is 62.5 Å². The van der Waals surface area contributed by atoms with Gasteiger partial charge in [-0.3, -0.25) is 4.79 Å². The van der Waals surface area contributed by atoms with Crippen molar-refractivity contribution in [3.8, 4) is 0 Å². The van der Waals surface area contributed by atoms with E-state index in [9.17, 15) is 4.79 Å². The van der Waals surface area contributed by atoms with Crippen molar-refractivity contribution in [2.45, 2.75) is 11.7 Å². The van der Waals surface area contributed by atoms with Crippen LogP contribution in [-0.2, 0) is 11.2 Å². The first kappa shape index (κ1) is 15.8. The number of amides is 1. The van der Waals surface area contributed by atoms with Crippen LogP contribution in [0.4, 0.5) is 5.69 Å². The van der Waals surface area contributed by atoms with Crippen molar-refractivity contribution < 1.29 is 4.79 Å². The molecule has 1 N–H and O–H groups in total. The predicted octanol–water partition coefficient (Wildman–Crippen LogP) is 4.67. The van der Waals surface area contributed by atoms with Crippen molar-refractivity contribution in [3.63, 3.8) is 0 Å². The number of carbonyl (C=O) groups is 1. The molecule has 0 aromatic heterocycles. The molecular formula is C16H12Br2N2OS. The normalized spacial score (nSPS) is 19.5. The number of nitrogens with zero attached hydrogens (tertiary/aromatic N) is 1. The van der Waals surface area contributed by atoms with E-state index < -0.39 is 0 Å². The Morgan fingerprint density at radius 3 is 2.23 bits per heavy atom. The monoisotopic (exact) mass is 438 g/mol. The average Bonchev–Trinajstić information content (AvgIpc) is 2.84. The summed E-state index contributed by atoms with van der Waals surface area (Å²) in [5.74, 6) is 0.0174. The van der Waals surface area contributed by atoms with Crippen LogP contribution in [0.3, 0.4) is 0 Å². The molecule has 0 radical (unpaired) electrons. The van der Waals surface area contributed by atoms with Gasteiger partial charge in [0, 0.05) is 8.95 Å². The molecule has 2 aromatic rings. The molecule has 1 saturated heterocycles. The van der Waals surface area contributed by atoms with E-state index in [1.54, 1.807) is 0 Å². The van der Waals surface area contributed by atoms with Crippen LogP contribution in [0.1, 0.15) is 5.56 Å².